The van der Waals surface area contributed by atoms with Crippen LogP contribution in [0.2, 0.25) is 0 Å². The molecule has 1 atom stereocenters. The number of carbonyl (C=O) groups is 1. The molecule has 2 heterocycles. The molecule has 0 radical (unpaired) electrons. The molecule has 0 aliphatic rings. The van der Waals surface area contributed by atoms with Crippen LogP contribution in [-0.2, 0) is 11.3 Å². The second kappa shape index (κ2) is 9.53. The number of methoxy groups -OCH3 is 1. The van der Waals surface area contributed by atoms with Crippen LogP contribution in [-0.4, -0.2) is 64.6 Å². The summed E-state index contributed by atoms with van der Waals surface area (Å²) in [7, 11) is 5.25. The molecule has 1 unspecified atom stereocenters. The van der Waals surface area contributed by atoms with Crippen molar-refractivity contribution in [3.05, 3.63) is 47.8 Å². The standard InChI is InChI=1S/C23H26N4O3/c1-5-27-21-14-20(23(29)30-4)25-22(19(21)15-24-27)17-8-6-7-16(13-17)9-10-18(28)11-12-26(2)3/h6-8,13-15,18,28H,5,11-12H2,1-4H3. The molecule has 1 N–H and O–H groups in total. The maximum Gasteiger partial charge on any atom is 0.356 e. The van der Waals surface area contributed by atoms with Gasteiger partial charge in [0.15, 0.2) is 5.69 Å². The maximum atomic E-state index is 12.1. The van der Waals surface area contributed by atoms with Crippen molar-refractivity contribution in [2.45, 2.75) is 26.0 Å². The molecule has 0 saturated heterocycles. The molecule has 2 aromatic heterocycles. The van der Waals surface area contributed by atoms with Gasteiger partial charge in [0.2, 0.25) is 0 Å². The molecule has 0 spiro atoms. The summed E-state index contributed by atoms with van der Waals surface area (Å²) in [5.41, 5.74) is 3.27. The van der Waals surface area contributed by atoms with Gasteiger partial charge >= 0.3 is 5.97 Å². The van der Waals surface area contributed by atoms with E-state index in [2.05, 4.69) is 21.9 Å². The smallest absolute Gasteiger partial charge is 0.356 e. The fourth-order valence-corrected chi connectivity index (χ4v) is 3.12. The quantitative estimate of drug-likeness (QED) is 0.501. The van der Waals surface area contributed by atoms with Crippen molar-refractivity contribution in [1.29, 1.82) is 0 Å². The topological polar surface area (TPSA) is 80.5 Å². The van der Waals surface area contributed by atoms with Gasteiger partial charge in [-0.15, -0.1) is 0 Å². The minimum Gasteiger partial charge on any atom is -0.464 e. The van der Waals surface area contributed by atoms with E-state index in [1.807, 2.05) is 54.9 Å². The number of pyridine rings is 1. The molecule has 3 rings (SSSR count). The number of aliphatic hydroxyl groups excluding tert-OH is 1. The predicted molar refractivity (Wildman–Crippen MR) is 116 cm³/mol. The third kappa shape index (κ3) is 4.85. The van der Waals surface area contributed by atoms with Crippen molar-refractivity contribution < 1.29 is 14.6 Å². The lowest BCUT2D eigenvalue weighted by molar-refractivity contribution is 0.0594. The zero-order valence-corrected chi connectivity index (χ0v) is 17.7. The van der Waals surface area contributed by atoms with E-state index in [0.717, 1.165) is 28.6 Å². The lowest BCUT2D eigenvalue weighted by Crippen LogP contribution is -2.18. The average Bonchev–Trinajstić information content (AvgIpc) is 3.18. The Hall–Kier alpha value is -3.21. The van der Waals surface area contributed by atoms with E-state index in [-0.39, 0.29) is 5.69 Å². The Bertz CT molecular complexity index is 1110. The highest BCUT2D eigenvalue weighted by Crippen LogP contribution is 2.28. The summed E-state index contributed by atoms with van der Waals surface area (Å²) in [5, 5.41) is 15.3. The Morgan fingerprint density at radius 3 is 2.83 bits per heavy atom. The Morgan fingerprint density at radius 2 is 2.13 bits per heavy atom. The number of esters is 1. The summed E-state index contributed by atoms with van der Waals surface area (Å²) < 4.78 is 6.69. The van der Waals surface area contributed by atoms with E-state index in [0.29, 0.717) is 18.7 Å². The predicted octanol–water partition coefficient (Wildman–Crippen LogP) is 2.57. The van der Waals surface area contributed by atoms with Gasteiger partial charge < -0.3 is 14.7 Å². The van der Waals surface area contributed by atoms with Gasteiger partial charge in [0.1, 0.15) is 6.10 Å². The van der Waals surface area contributed by atoms with E-state index in [1.54, 1.807) is 12.3 Å². The van der Waals surface area contributed by atoms with Crippen molar-refractivity contribution >= 4 is 16.9 Å². The number of aryl methyl sites for hydroxylation is 1. The molecule has 0 aliphatic carbocycles. The van der Waals surface area contributed by atoms with Gasteiger partial charge in [-0.2, -0.15) is 5.10 Å². The fraction of sp³-hybridized carbons (Fsp3) is 0.348. The minimum absolute atomic E-state index is 0.228. The Kier molecular flexibility index (Phi) is 6.83. The lowest BCUT2D eigenvalue weighted by Gasteiger charge is -2.10. The molecule has 7 nitrogen and oxygen atoms in total. The third-order valence-electron chi connectivity index (χ3n) is 4.70. The van der Waals surface area contributed by atoms with Crippen LogP contribution < -0.4 is 0 Å². The number of aliphatic hydroxyl groups is 1. The highest BCUT2D eigenvalue weighted by Gasteiger charge is 2.17. The summed E-state index contributed by atoms with van der Waals surface area (Å²) in [5.74, 6) is 5.42. The van der Waals surface area contributed by atoms with Crippen LogP contribution in [0.3, 0.4) is 0 Å². The molecule has 0 amide bonds. The summed E-state index contributed by atoms with van der Waals surface area (Å²) in [6.45, 7) is 3.42. The number of benzene rings is 1. The van der Waals surface area contributed by atoms with E-state index in [9.17, 15) is 9.90 Å². The number of rotatable bonds is 6. The van der Waals surface area contributed by atoms with E-state index in [4.69, 9.17) is 4.74 Å². The molecule has 1 aromatic carbocycles. The minimum atomic E-state index is -0.689. The van der Waals surface area contributed by atoms with Crippen molar-refractivity contribution in [3.63, 3.8) is 0 Å². The van der Waals surface area contributed by atoms with Crippen molar-refractivity contribution in [3.8, 4) is 23.1 Å². The fourth-order valence-electron chi connectivity index (χ4n) is 3.12. The largest absolute Gasteiger partial charge is 0.464 e. The van der Waals surface area contributed by atoms with Gasteiger partial charge in [-0.1, -0.05) is 24.0 Å². The maximum absolute atomic E-state index is 12.1. The molecule has 0 fully saturated rings. The first-order valence-corrected chi connectivity index (χ1v) is 9.82. The van der Waals surface area contributed by atoms with Crippen LogP contribution in [0.25, 0.3) is 22.2 Å². The summed E-state index contributed by atoms with van der Waals surface area (Å²) >= 11 is 0. The van der Waals surface area contributed by atoms with E-state index < -0.39 is 12.1 Å². The highest BCUT2D eigenvalue weighted by atomic mass is 16.5. The van der Waals surface area contributed by atoms with Crippen molar-refractivity contribution in [2.24, 2.45) is 0 Å². The molecular formula is C23H26N4O3. The Morgan fingerprint density at radius 1 is 1.33 bits per heavy atom. The Labute approximate surface area is 176 Å². The van der Waals surface area contributed by atoms with Crippen LogP contribution in [0.5, 0.6) is 0 Å². The first-order valence-electron chi connectivity index (χ1n) is 9.82. The molecule has 3 aromatic rings. The van der Waals surface area contributed by atoms with Crippen LogP contribution in [0.4, 0.5) is 0 Å². The number of fused-ring (bicyclic) bond motifs is 1. The number of aromatic nitrogens is 3. The van der Waals surface area contributed by atoms with Crippen LogP contribution in [0.15, 0.2) is 36.5 Å². The first-order chi connectivity index (χ1) is 14.4. The van der Waals surface area contributed by atoms with E-state index in [1.165, 1.54) is 7.11 Å². The third-order valence-corrected chi connectivity index (χ3v) is 4.70. The van der Waals surface area contributed by atoms with Crippen molar-refractivity contribution in [2.75, 3.05) is 27.7 Å². The van der Waals surface area contributed by atoms with Gasteiger partial charge in [-0.25, -0.2) is 9.78 Å². The molecule has 156 valence electrons. The van der Waals surface area contributed by atoms with Gasteiger partial charge in [0, 0.05) is 29.6 Å². The highest BCUT2D eigenvalue weighted by molar-refractivity contribution is 5.98. The number of hydrogen-bond donors (Lipinski definition) is 1. The SMILES string of the molecule is CCn1ncc2c(-c3cccc(C#CC(O)CCN(C)C)c3)nc(C(=O)OC)cc21. The van der Waals surface area contributed by atoms with Crippen LogP contribution in [0, 0.1) is 11.8 Å². The van der Waals surface area contributed by atoms with Crippen LogP contribution >= 0.6 is 0 Å². The van der Waals surface area contributed by atoms with Gasteiger partial charge in [-0.05, 0) is 45.6 Å². The number of ether oxygens (including phenoxy) is 1. The molecule has 0 saturated carbocycles. The first kappa shape index (κ1) is 21.5. The molecule has 0 aliphatic heterocycles. The molecule has 7 heteroatoms. The van der Waals surface area contributed by atoms with Gasteiger partial charge in [-0.3, -0.25) is 4.68 Å². The lowest BCUT2D eigenvalue weighted by atomic mass is 10.0. The number of carbonyl (C=O) groups excluding carboxylic acids is 1. The summed E-state index contributed by atoms with van der Waals surface area (Å²) in [4.78, 5) is 18.7. The monoisotopic (exact) mass is 406 g/mol. The summed E-state index contributed by atoms with van der Waals surface area (Å²) in [6.07, 6.45) is 1.65. The summed E-state index contributed by atoms with van der Waals surface area (Å²) in [6, 6.07) is 9.28. The van der Waals surface area contributed by atoms with E-state index >= 15 is 0 Å². The second-order valence-corrected chi connectivity index (χ2v) is 7.20. The number of nitrogens with zero attached hydrogens (tertiary/aromatic N) is 4. The van der Waals surface area contributed by atoms with Crippen molar-refractivity contribution in [1.82, 2.24) is 19.7 Å². The zero-order chi connectivity index (χ0) is 21.7. The average molecular weight is 406 g/mol. The van der Waals surface area contributed by atoms with Gasteiger partial charge in [0.25, 0.3) is 0 Å². The molecule has 0 bridgehead atoms. The zero-order valence-electron chi connectivity index (χ0n) is 17.7. The van der Waals surface area contributed by atoms with Crippen LogP contribution in [0.1, 0.15) is 29.4 Å². The Balaban J connectivity index is 2.01. The number of hydrogen-bond acceptors (Lipinski definition) is 6. The normalized spacial score (nSPS) is 11.9. The second-order valence-electron chi connectivity index (χ2n) is 7.20. The van der Waals surface area contributed by atoms with Gasteiger partial charge in [0.05, 0.1) is 24.5 Å². The molecular weight excluding hydrogens is 380 g/mol. The molecule has 30 heavy (non-hydrogen) atoms.